The normalized spacial score (nSPS) is 11.2. The van der Waals surface area contributed by atoms with Gasteiger partial charge in [-0.2, -0.15) is 5.10 Å². The van der Waals surface area contributed by atoms with E-state index >= 15 is 0 Å². The van der Waals surface area contributed by atoms with Crippen LogP contribution in [-0.2, 0) is 9.53 Å². The third-order valence-corrected chi connectivity index (χ3v) is 4.15. The van der Waals surface area contributed by atoms with Gasteiger partial charge in [0.2, 0.25) is 0 Å². The van der Waals surface area contributed by atoms with Gasteiger partial charge in [-0.15, -0.1) is 0 Å². The Hall–Kier alpha value is -3.54. The Balaban J connectivity index is 1.55. The second-order valence-electron chi connectivity index (χ2n) is 6.52. The van der Waals surface area contributed by atoms with E-state index in [4.69, 9.17) is 14.2 Å². The summed E-state index contributed by atoms with van der Waals surface area (Å²) in [6.07, 6.45) is 0. The summed E-state index contributed by atoms with van der Waals surface area (Å²) in [6.45, 7) is 0.831. The van der Waals surface area contributed by atoms with Gasteiger partial charge in [0.05, 0.1) is 7.11 Å². The van der Waals surface area contributed by atoms with E-state index < -0.39 is 5.97 Å². The zero-order valence-corrected chi connectivity index (χ0v) is 16.8. The van der Waals surface area contributed by atoms with Crippen LogP contribution in [0.25, 0.3) is 10.8 Å². The van der Waals surface area contributed by atoms with Gasteiger partial charge in [0, 0.05) is 19.7 Å². The van der Waals surface area contributed by atoms with E-state index in [1.165, 1.54) is 12.5 Å². The van der Waals surface area contributed by atoms with Crippen molar-refractivity contribution in [2.24, 2.45) is 5.10 Å². The lowest BCUT2D eigenvalue weighted by atomic mass is 10.1. The van der Waals surface area contributed by atoms with Gasteiger partial charge in [-0.1, -0.05) is 30.3 Å². The molecule has 0 aliphatic heterocycles. The van der Waals surface area contributed by atoms with Gasteiger partial charge in [-0.05, 0) is 47.2 Å². The van der Waals surface area contributed by atoms with E-state index in [9.17, 15) is 4.79 Å². The molecule has 6 nitrogen and oxygen atoms in total. The average molecular weight is 392 g/mol. The van der Waals surface area contributed by atoms with Gasteiger partial charge < -0.3 is 19.2 Å². The van der Waals surface area contributed by atoms with Crippen LogP contribution in [0.1, 0.15) is 5.56 Å². The Morgan fingerprint density at radius 2 is 1.48 bits per heavy atom. The van der Waals surface area contributed by atoms with Crippen LogP contribution in [-0.4, -0.2) is 51.1 Å². The molecule has 0 aromatic heterocycles. The van der Waals surface area contributed by atoms with E-state index in [1.807, 2.05) is 30.3 Å². The van der Waals surface area contributed by atoms with Crippen molar-refractivity contribution < 1.29 is 19.0 Å². The first kappa shape index (κ1) is 20.2. The fourth-order valence-corrected chi connectivity index (χ4v) is 2.80. The number of esters is 1. The molecule has 150 valence electrons. The molecule has 0 saturated heterocycles. The molecule has 0 atom stereocenters. The SMILES string of the molecule is COC(=O)C(=NN(C)C)c1ccc(OCCOc2ccc3ccccc3c2)cc1. The molecule has 0 bridgehead atoms. The molecule has 0 N–H and O–H groups in total. The van der Waals surface area contributed by atoms with Crippen molar-refractivity contribution in [3.05, 3.63) is 72.3 Å². The number of carbonyl (C=O) groups excluding carboxylic acids is 1. The molecule has 3 aromatic rings. The van der Waals surface area contributed by atoms with Crippen molar-refractivity contribution in [3.8, 4) is 11.5 Å². The van der Waals surface area contributed by atoms with Crippen molar-refractivity contribution in [2.75, 3.05) is 34.4 Å². The van der Waals surface area contributed by atoms with Crippen LogP contribution in [0.2, 0.25) is 0 Å². The number of nitrogens with zero attached hydrogens (tertiary/aromatic N) is 2. The quantitative estimate of drug-likeness (QED) is 0.253. The molecule has 0 amide bonds. The molecular formula is C23H24N2O4. The minimum absolute atomic E-state index is 0.240. The second kappa shape index (κ2) is 9.59. The zero-order chi connectivity index (χ0) is 20.6. The largest absolute Gasteiger partial charge is 0.490 e. The summed E-state index contributed by atoms with van der Waals surface area (Å²) < 4.78 is 16.3. The molecule has 29 heavy (non-hydrogen) atoms. The molecule has 0 spiro atoms. The predicted octanol–water partition coefficient (Wildman–Crippen LogP) is 3.74. The number of rotatable bonds is 8. The first-order chi connectivity index (χ1) is 14.1. The van der Waals surface area contributed by atoms with Crippen LogP contribution in [0, 0.1) is 0 Å². The zero-order valence-electron chi connectivity index (χ0n) is 16.8. The molecular weight excluding hydrogens is 368 g/mol. The van der Waals surface area contributed by atoms with Gasteiger partial charge in [0.25, 0.3) is 0 Å². The lowest BCUT2D eigenvalue weighted by molar-refractivity contribution is -0.132. The molecule has 0 fully saturated rings. The fraction of sp³-hybridized carbons (Fsp3) is 0.217. The molecule has 0 radical (unpaired) electrons. The predicted molar refractivity (Wildman–Crippen MR) is 114 cm³/mol. The molecule has 6 heteroatoms. The minimum atomic E-state index is -0.490. The van der Waals surface area contributed by atoms with Gasteiger partial charge in [0.15, 0.2) is 5.71 Å². The monoisotopic (exact) mass is 392 g/mol. The number of hydrogen-bond acceptors (Lipinski definition) is 6. The molecule has 0 aliphatic carbocycles. The number of carbonyl (C=O) groups is 1. The third-order valence-electron chi connectivity index (χ3n) is 4.15. The number of ether oxygens (including phenoxy) is 3. The molecule has 3 aromatic carbocycles. The van der Waals surface area contributed by atoms with E-state index in [-0.39, 0.29) is 5.71 Å². The second-order valence-corrected chi connectivity index (χ2v) is 6.52. The summed E-state index contributed by atoms with van der Waals surface area (Å²) in [5, 5.41) is 8.07. The number of methoxy groups -OCH3 is 1. The van der Waals surface area contributed by atoms with Gasteiger partial charge >= 0.3 is 5.97 Å². The lowest BCUT2D eigenvalue weighted by Crippen LogP contribution is -2.21. The molecule has 0 unspecified atom stereocenters. The van der Waals surface area contributed by atoms with Crippen molar-refractivity contribution in [2.45, 2.75) is 0 Å². The van der Waals surface area contributed by atoms with Crippen LogP contribution < -0.4 is 9.47 Å². The van der Waals surface area contributed by atoms with Crippen LogP contribution in [0.3, 0.4) is 0 Å². The standard InChI is InChI=1S/C23H24N2O4/c1-25(2)24-22(23(26)27-3)18-9-11-20(12-10-18)28-14-15-29-21-13-8-17-6-4-5-7-19(17)16-21/h4-13,16H,14-15H2,1-3H3. The first-order valence-electron chi connectivity index (χ1n) is 9.26. The highest BCUT2D eigenvalue weighted by atomic mass is 16.5. The average Bonchev–Trinajstić information content (AvgIpc) is 2.75. The van der Waals surface area contributed by atoms with Crippen molar-refractivity contribution in [1.82, 2.24) is 5.01 Å². The van der Waals surface area contributed by atoms with Crippen molar-refractivity contribution in [3.63, 3.8) is 0 Å². The Bertz CT molecular complexity index is 997. The summed E-state index contributed by atoms with van der Waals surface area (Å²) in [7, 11) is 4.83. The minimum Gasteiger partial charge on any atom is -0.490 e. The van der Waals surface area contributed by atoms with Crippen LogP contribution >= 0.6 is 0 Å². The number of hydrogen-bond donors (Lipinski definition) is 0. The van der Waals surface area contributed by atoms with Crippen LogP contribution in [0.5, 0.6) is 11.5 Å². The Morgan fingerprint density at radius 3 is 2.14 bits per heavy atom. The Kier molecular flexibility index (Phi) is 6.68. The highest BCUT2D eigenvalue weighted by Crippen LogP contribution is 2.20. The number of hydrazone groups is 1. The smallest absolute Gasteiger partial charge is 0.359 e. The van der Waals surface area contributed by atoms with E-state index in [0.717, 1.165) is 11.1 Å². The van der Waals surface area contributed by atoms with Gasteiger partial charge in [0.1, 0.15) is 24.7 Å². The summed E-state index contributed by atoms with van der Waals surface area (Å²) in [5.74, 6) is 1.01. The summed E-state index contributed by atoms with van der Waals surface area (Å²) in [6, 6.07) is 21.3. The van der Waals surface area contributed by atoms with E-state index in [0.29, 0.717) is 24.5 Å². The molecule has 0 heterocycles. The fourth-order valence-electron chi connectivity index (χ4n) is 2.80. The van der Waals surface area contributed by atoms with Gasteiger partial charge in [-0.25, -0.2) is 4.79 Å². The maximum Gasteiger partial charge on any atom is 0.359 e. The van der Waals surface area contributed by atoms with Crippen molar-refractivity contribution in [1.29, 1.82) is 0 Å². The first-order valence-corrected chi connectivity index (χ1v) is 9.26. The Labute approximate surface area is 170 Å². The third kappa shape index (κ3) is 5.48. The summed E-state index contributed by atoms with van der Waals surface area (Å²) in [4.78, 5) is 11.9. The summed E-state index contributed by atoms with van der Waals surface area (Å²) >= 11 is 0. The maximum absolute atomic E-state index is 11.9. The van der Waals surface area contributed by atoms with Crippen LogP contribution in [0.15, 0.2) is 71.8 Å². The lowest BCUT2D eigenvalue weighted by Gasteiger charge is -2.11. The Morgan fingerprint density at radius 1 is 0.862 bits per heavy atom. The van der Waals surface area contributed by atoms with Crippen LogP contribution in [0.4, 0.5) is 0 Å². The molecule has 0 aliphatic rings. The molecule has 0 saturated carbocycles. The summed E-state index contributed by atoms with van der Waals surface area (Å²) in [5.41, 5.74) is 0.897. The van der Waals surface area contributed by atoms with Crippen molar-refractivity contribution >= 4 is 22.5 Å². The number of benzene rings is 3. The highest BCUT2D eigenvalue weighted by molar-refractivity contribution is 6.43. The highest BCUT2D eigenvalue weighted by Gasteiger charge is 2.15. The maximum atomic E-state index is 11.9. The molecule has 3 rings (SSSR count). The van der Waals surface area contributed by atoms with E-state index in [2.05, 4.69) is 17.2 Å². The number of fused-ring (bicyclic) bond motifs is 1. The van der Waals surface area contributed by atoms with E-state index in [1.54, 1.807) is 43.4 Å². The topological polar surface area (TPSA) is 60.4 Å². The van der Waals surface area contributed by atoms with Gasteiger partial charge in [-0.3, -0.25) is 0 Å².